The van der Waals surface area contributed by atoms with Gasteiger partial charge in [-0.05, 0) is 19.3 Å². The van der Waals surface area contributed by atoms with Crippen LogP contribution in [0.1, 0.15) is 33.6 Å². The number of esters is 2. The highest BCUT2D eigenvalue weighted by atomic mass is 16.6. The number of nitrogens with two attached hydrogens (primary N) is 1. The number of rotatable bonds is 5. The fourth-order valence-corrected chi connectivity index (χ4v) is 1.97. The van der Waals surface area contributed by atoms with E-state index in [1.807, 2.05) is 19.1 Å². The van der Waals surface area contributed by atoms with Gasteiger partial charge in [-0.25, -0.2) is 0 Å². The predicted octanol–water partition coefficient (Wildman–Crippen LogP) is 1.64. The van der Waals surface area contributed by atoms with Crippen LogP contribution in [-0.4, -0.2) is 18.0 Å². The van der Waals surface area contributed by atoms with E-state index in [4.69, 9.17) is 5.73 Å². The van der Waals surface area contributed by atoms with E-state index < -0.39 is 17.9 Å². The van der Waals surface area contributed by atoms with Gasteiger partial charge in [-0.1, -0.05) is 26.0 Å². The Kier molecular flexibility index (Phi) is 4.87. The molecule has 0 spiro atoms. The van der Waals surface area contributed by atoms with E-state index in [0.717, 1.165) is 6.42 Å². The minimum absolute atomic E-state index is 0.118. The molecule has 0 radical (unpaired) electrons. The highest BCUT2D eigenvalue weighted by Gasteiger charge is 2.39. The molecular formula is C13H21NO3. The summed E-state index contributed by atoms with van der Waals surface area (Å²) in [5, 5.41) is 0. The molecule has 0 aromatic carbocycles. The monoisotopic (exact) mass is 239 g/mol. The summed E-state index contributed by atoms with van der Waals surface area (Å²) >= 11 is 0. The SMILES string of the molecule is CC(C)C/C=C\C(C(C)N)C1CC(=O)OC1=O. The summed E-state index contributed by atoms with van der Waals surface area (Å²) in [4.78, 5) is 22.6. The molecule has 1 aliphatic rings. The molecule has 0 aromatic heterocycles. The zero-order valence-corrected chi connectivity index (χ0v) is 10.7. The first kappa shape index (κ1) is 13.9. The van der Waals surface area contributed by atoms with Crippen molar-refractivity contribution in [3.63, 3.8) is 0 Å². The molecule has 4 heteroatoms. The topological polar surface area (TPSA) is 69.4 Å². The number of hydrogen-bond donors (Lipinski definition) is 1. The molecule has 17 heavy (non-hydrogen) atoms. The molecule has 2 N–H and O–H groups in total. The molecule has 3 unspecified atom stereocenters. The van der Waals surface area contributed by atoms with Crippen molar-refractivity contribution in [2.45, 2.75) is 39.7 Å². The van der Waals surface area contributed by atoms with Gasteiger partial charge in [0.1, 0.15) is 0 Å². The average molecular weight is 239 g/mol. The Balaban J connectivity index is 2.69. The second kappa shape index (κ2) is 5.96. The van der Waals surface area contributed by atoms with Gasteiger partial charge in [-0.3, -0.25) is 9.59 Å². The molecule has 0 bridgehead atoms. The normalized spacial score (nSPS) is 24.4. The molecule has 1 fully saturated rings. The minimum Gasteiger partial charge on any atom is -0.393 e. The molecule has 0 aromatic rings. The molecule has 1 rings (SSSR count). The van der Waals surface area contributed by atoms with Crippen LogP contribution < -0.4 is 5.73 Å². The van der Waals surface area contributed by atoms with Gasteiger partial charge in [0.05, 0.1) is 12.3 Å². The quantitative estimate of drug-likeness (QED) is 0.450. The lowest BCUT2D eigenvalue weighted by atomic mass is 9.85. The van der Waals surface area contributed by atoms with Crippen LogP contribution in [0, 0.1) is 17.8 Å². The van der Waals surface area contributed by atoms with Crippen LogP contribution in [0.2, 0.25) is 0 Å². The van der Waals surface area contributed by atoms with E-state index in [-0.39, 0.29) is 18.4 Å². The zero-order valence-electron chi connectivity index (χ0n) is 10.7. The summed E-state index contributed by atoms with van der Waals surface area (Å²) in [6, 6.07) is -0.165. The summed E-state index contributed by atoms with van der Waals surface area (Å²) < 4.78 is 4.57. The highest BCUT2D eigenvalue weighted by molar-refractivity contribution is 5.94. The fourth-order valence-electron chi connectivity index (χ4n) is 1.97. The summed E-state index contributed by atoms with van der Waals surface area (Å²) in [6.45, 7) is 6.09. The first-order valence-corrected chi connectivity index (χ1v) is 6.08. The van der Waals surface area contributed by atoms with Crippen LogP contribution in [0.25, 0.3) is 0 Å². The molecule has 1 saturated heterocycles. The van der Waals surface area contributed by atoms with E-state index in [0.29, 0.717) is 5.92 Å². The van der Waals surface area contributed by atoms with E-state index in [9.17, 15) is 9.59 Å². The summed E-state index contributed by atoms with van der Waals surface area (Å²) in [7, 11) is 0. The third-order valence-electron chi connectivity index (χ3n) is 2.94. The van der Waals surface area contributed by atoms with Crippen LogP contribution in [0.15, 0.2) is 12.2 Å². The number of carbonyl (C=O) groups is 2. The van der Waals surface area contributed by atoms with Crippen molar-refractivity contribution in [2.75, 3.05) is 0 Å². The van der Waals surface area contributed by atoms with Gasteiger partial charge in [-0.2, -0.15) is 0 Å². The molecule has 4 nitrogen and oxygen atoms in total. The Hall–Kier alpha value is -1.16. The number of hydrogen-bond acceptors (Lipinski definition) is 4. The third kappa shape index (κ3) is 3.97. The third-order valence-corrected chi connectivity index (χ3v) is 2.94. The lowest BCUT2D eigenvalue weighted by molar-refractivity contribution is -0.153. The number of ether oxygens (including phenoxy) is 1. The van der Waals surface area contributed by atoms with Gasteiger partial charge in [0.2, 0.25) is 0 Å². The first-order chi connectivity index (χ1) is 7.91. The number of carbonyl (C=O) groups excluding carboxylic acids is 2. The maximum atomic E-state index is 11.5. The Labute approximate surface area is 102 Å². The van der Waals surface area contributed by atoms with Crippen LogP contribution >= 0.6 is 0 Å². The first-order valence-electron chi connectivity index (χ1n) is 6.08. The van der Waals surface area contributed by atoms with Gasteiger partial charge in [0, 0.05) is 12.0 Å². The smallest absolute Gasteiger partial charge is 0.317 e. The highest BCUT2D eigenvalue weighted by Crippen LogP contribution is 2.27. The molecular weight excluding hydrogens is 218 g/mol. The van der Waals surface area contributed by atoms with Gasteiger partial charge in [0.15, 0.2) is 0 Å². The molecule has 1 heterocycles. The van der Waals surface area contributed by atoms with Crippen molar-refractivity contribution < 1.29 is 14.3 Å². The predicted molar refractivity (Wildman–Crippen MR) is 64.9 cm³/mol. The van der Waals surface area contributed by atoms with Gasteiger partial charge < -0.3 is 10.5 Å². The molecule has 0 saturated carbocycles. The number of allylic oxidation sites excluding steroid dienone is 1. The maximum absolute atomic E-state index is 11.5. The molecule has 0 amide bonds. The summed E-state index contributed by atoms with van der Waals surface area (Å²) in [5.41, 5.74) is 5.87. The van der Waals surface area contributed by atoms with Gasteiger partial charge in [0.25, 0.3) is 0 Å². The average Bonchev–Trinajstić information content (AvgIpc) is 2.51. The second-order valence-corrected chi connectivity index (χ2v) is 5.10. The molecule has 0 aliphatic carbocycles. The van der Waals surface area contributed by atoms with Gasteiger partial charge in [-0.15, -0.1) is 0 Å². The van der Waals surface area contributed by atoms with Crippen LogP contribution in [-0.2, 0) is 14.3 Å². The summed E-state index contributed by atoms with van der Waals surface area (Å²) in [5.74, 6) is -0.842. The van der Waals surface area contributed by atoms with Crippen molar-refractivity contribution in [1.82, 2.24) is 0 Å². The Morgan fingerprint density at radius 2 is 2.06 bits per heavy atom. The van der Waals surface area contributed by atoms with Crippen molar-refractivity contribution >= 4 is 11.9 Å². The fraction of sp³-hybridized carbons (Fsp3) is 0.692. The van der Waals surface area contributed by atoms with E-state index in [1.165, 1.54) is 0 Å². The Bertz CT molecular complexity index is 321. The standard InChI is InChI=1S/C13H21NO3/c1-8(2)5-4-6-10(9(3)14)11-7-12(15)17-13(11)16/h4,6,8-11H,5,7,14H2,1-3H3/b6-4-. The van der Waals surface area contributed by atoms with Crippen molar-refractivity contribution in [3.8, 4) is 0 Å². The van der Waals surface area contributed by atoms with Crippen molar-refractivity contribution in [3.05, 3.63) is 12.2 Å². The Morgan fingerprint density at radius 3 is 2.47 bits per heavy atom. The minimum atomic E-state index is -0.442. The maximum Gasteiger partial charge on any atom is 0.317 e. The van der Waals surface area contributed by atoms with Crippen molar-refractivity contribution in [1.29, 1.82) is 0 Å². The van der Waals surface area contributed by atoms with Crippen LogP contribution in [0.5, 0.6) is 0 Å². The number of cyclic esters (lactones) is 2. The molecule has 96 valence electrons. The second-order valence-electron chi connectivity index (χ2n) is 5.10. The zero-order chi connectivity index (χ0) is 13.0. The van der Waals surface area contributed by atoms with E-state index >= 15 is 0 Å². The van der Waals surface area contributed by atoms with E-state index in [1.54, 1.807) is 0 Å². The molecule has 1 aliphatic heterocycles. The lowest BCUT2D eigenvalue weighted by Crippen LogP contribution is -2.33. The Morgan fingerprint density at radius 1 is 1.41 bits per heavy atom. The molecule has 3 atom stereocenters. The van der Waals surface area contributed by atoms with Crippen LogP contribution in [0.3, 0.4) is 0 Å². The largest absolute Gasteiger partial charge is 0.393 e. The lowest BCUT2D eigenvalue weighted by Gasteiger charge is -2.20. The van der Waals surface area contributed by atoms with E-state index in [2.05, 4.69) is 18.6 Å². The van der Waals surface area contributed by atoms with Crippen LogP contribution in [0.4, 0.5) is 0 Å². The summed E-state index contributed by atoms with van der Waals surface area (Å²) in [6.07, 6.45) is 5.08. The van der Waals surface area contributed by atoms with Gasteiger partial charge >= 0.3 is 11.9 Å². The van der Waals surface area contributed by atoms with Crippen molar-refractivity contribution in [2.24, 2.45) is 23.5 Å².